The fourth-order valence-electron chi connectivity index (χ4n) is 2.17. The molecule has 0 bridgehead atoms. The van der Waals surface area contributed by atoms with Crippen LogP contribution in [0.2, 0.25) is 0 Å². The molecule has 0 atom stereocenters. The summed E-state index contributed by atoms with van der Waals surface area (Å²) in [6.45, 7) is 10.7. The number of nitrogens with zero attached hydrogens (tertiary/aromatic N) is 1. The number of hydrogen-bond donors (Lipinski definition) is 0. The standard InChI is InChI=1S/C15H25NS/c1-5-8-10-15(4,11-9-6-2)13-12-17-14(7-3)16-13/h7,12H,3,5-6,8-11H2,1-2,4H3. The van der Waals surface area contributed by atoms with Crippen LogP contribution in [0, 0.1) is 0 Å². The van der Waals surface area contributed by atoms with Gasteiger partial charge < -0.3 is 0 Å². The number of hydrogen-bond acceptors (Lipinski definition) is 2. The third kappa shape index (κ3) is 3.95. The van der Waals surface area contributed by atoms with Gasteiger partial charge in [0.15, 0.2) is 0 Å². The molecule has 0 amide bonds. The van der Waals surface area contributed by atoms with Crippen LogP contribution in [0.1, 0.15) is 70.0 Å². The molecule has 0 aliphatic rings. The summed E-state index contributed by atoms with van der Waals surface area (Å²) in [6.07, 6.45) is 9.48. The van der Waals surface area contributed by atoms with Gasteiger partial charge in [0.1, 0.15) is 5.01 Å². The molecule has 0 radical (unpaired) electrons. The molecule has 1 aromatic heterocycles. The van der Waals surface area contributed by atoms with Crippen molar-refractivity contribution in [1.29, 1.82) is 0 Å². The molecule has 0 aliphatic heterocycles. The third-order valence-corrected chi connectivity index (χ3v) is 4.32. The van der Waals surface area contributed by atoms with Gasteiger partial charge in [0.25, 0.3) is 0 Å². The van der Waals surface area contributed by atoms with Crippen molar-refractivity contribution in [3.05, 3.63) is 22.7 Å². The maximum Gasteiger partial charge on any atom is 0.115 e. The van der Waals surface area contributed by atoms with Gasteiger partial charge in [-0.25, -0.2) is 4.98 Å². The van der Waals surface area contributed by atoms with Crippen molar-refractivity contribution >= 4 is 17.4 Å². The van der Waals surface area contributed by atoms with Gasteiger partial charge in [0.05, 0.1) is 5.69 Å². The van der Waals surface area contributed by atoms with Gasteiger partial charge in [0.2, 0.25) is 0 Å². The Hall–Kier alpha value is -0.630. The summed E-state index contributed by atoms with van der Waals surface area (Å²) in [5.41, 5.74) is 1.54. The lowest BCUT2D eigenvalue weighted by Gasteiger charge is -2.28. The summed E-state index contributed by atoms with van der Waals surface area (Å²) in [4.78, 5) is 4.71. The maximum absolute atomic E-state index is 4.71. The Morgan fingerprint density at radius 2 is 1.88 bits per heavy atom. The van der Waals surface area contributed by atoms with Crippen molar-refractivity contribution in [2.24, 2.45) is 0 Å². The van der Waals surface area contributed by atoms with Gasteiger partial charge in [-0.2, -0.15) is 0 Å². The Labute approximate surface area is 110 Å². The Morgan fingerprint density at radius 3 is 2.29 bits per heavy atom. The zero-order valence-electron chi connectivity index (χ0n) is 11.5. The van der Waals surface area contributed by atoms with Crippen molar-refractivity contribution in [3.8, 4) is 0 Å². The molecule has 1 rings (SSSR count). The summed E-state index contributed by atoms with van der Waals surface area (Å²) >= 11 is 1.71. The highest BCUT2D eigenvalue weighted by atomic mass is 32.1. The maximum atomic E-state index is 4.71. The largest absolute Gasteiger partial charge is 0.241 e. The van der Waals surface area contributed by atoms with E-state index in [-0.39, 0.29) is 5.41 Å². The van der Waals surface area contributed by atoms with E-state index in [1.165, 1.54) is 44.2 Å². The smallest absolute Gasteiger partial charge is 0.115 e. The van der Waals surface area contributed by atoms with Gasteiger partial charge >= 0.3 is 0 Å². The van der Waals surface area contributed by atoms with Gasteiger partial charge in [0, 0.05) is 10.8 Å². The minimum Gasteiger partial charge on any atom is -0.241 e. The Kier molecular flexibility index (Phi) is 5.90. The zero-order chi connectivity index (χ0) is 12.7. The molecular formula is C15H25NS. The molecular weight excluding hydrogens is 226 g/mol. The number of aromatic nitrogens is 1. The van der Waals surface area contributed by atoms with Crippen LogP contribution in [0.4, 0.5) is 0 Å². The van der Waals surface area contributed by atoms with Crippen molar-refractivity contribution in [2.45, 2.75) is 64.7 Å². The van der Waals surface area contributed by atoms with E-state index in [1.54, 1.807) is 11.3 Å². The van der Waals surface area contributed by atoms with Crippen LogP contribution in [0.15, 0.2) is 12.0 Å². The van der Waals surface area contributed by atoms with Crippen LogP contribution in [0.3, 0.4) is 0 Å². The Morgan fingerprint density at radius 1 is 1.29 bits per heavy atom. The lowest BCUT2D eigenvalue weighted by atomic mass is 9.78. The first-order valence-electron chi connectivity index (χ1n) is 6.74. The van der Waals surface area contributed by atoms with Crippen molar-refractivity contribution in [2.75, 3.05) is 0 Å². The molecule has 1 nitrogen and oxygen atoms in total. The van der Waals surface area contributed by atoms with Gasteiger partial charge in [-0.1, -0.05) is 53.0 Å². The number of unbranched alkanes of at least 4 members (excludes halogenated alkanes) is 2. The van der Waals surface area contributed by atoms with E-state index in [4.69, 9.17) is 4.98 Å². The molecule has 1 aromatic rings. The normalized spacial score (nSPS) is 11.7. The lowest BCUT2D eigenvalue weighted by molar-refractivity contribution is 0.366. The third-order valence-electron chi connectivity index (χ3n) is 3.48. The van der Waals surface area contributed by atoms with E-state index in [0.29, 0.717) is 0 Å². The first kappa shape index (κ1) is 14.4. The molecule has 1 heterocycles. The van der Waals surface area contributed by atoms with Crippen molar-refractivity contribution in [3.63, 3.8) is 0 Å². The predicted octanol–water partition coefficient (Wildman–Crippen LogP) is 5.42. The Bertz CT molecular complexity index is 332. The van der Waals surface area contributed by atoms with Crippen molar-refractivity contribution in [1.82, 2.24) is 4.98 Å². The minimum atomic E-state index is 0.268. The molecule has 96 valence electrons. The van der Waals surface area contributed by atoms with E-state index >= 15 is 0 Å². The topological polar surface area (TPSA) is 12.9 Å². The molecule has 0 unspecified atom stereocenters. The second-order valence-electron chi connectivity index (χ2n) is 5.04. The van der Waals surface area contributed by atoms with Crippen molar-refractivity contribution < 1.29 is 0 Å². The highest BCUT2D eigenvalue weighted by molar-refractivity contribution is 7.10. The average Bonchev–Trinajstić information content (AvgIpc) is 2.83. The van der Waals surface area contributed by atoms with Gasteiger partial charge in [-0.15, -0.1) is 11.3 Å². The lowest BCUT2D eigenvalue weighted by Crippen LogP contribution is -2.22. The van der Waals surface area contributed by atoms with Gasteiger partial charge in [-0.3, -0.25) is 0 Å². The molecule has 0 saturated heterocycles. The summed E-state index contributed by atoms with van der Waals surface area (Å²) in [5, 5.41) is 3.28. The SMILES string of the molecule is C=Cc1nc(C(C)(CCCC)CCCC)cs1. The zero-order valence-corrected chi connectivity index (χ0v) is 12.3. The van der Waals surface area contributed by atoms with Gasteiger partial charge in [-0.05, 0) is 18.9 Å². The molecule has 0 aliphatic carbocycles. The Balaban J connectivity index is 2.83. The van der Waals surface area contributed by atoms with Crippen LogP contribution < -0.4 is 0 Å². The fraction of sp³-hybridized carbons (Fsp3) is 0.667. The summed E-state index contributed by atoms with van der Waals surface area (Å²) in [7, 11) is 0. The van der Waals surface area contributed by atoms with Crippen LogP contribution in [0.5, 0.6) is 0 Å². The van der Waals surface area contributed by atoms with E-state index in [9.17, 15) is 0 Å². The second kappa shape index (κ2) is 6.95. The highest BCUT2D eigenvalue weighted by Gasteiger charge is 2.27. The van der Waals surface area contributed by atoms with Crippen LogP contribution >= 0.6 is 11.3 Å². The first-order chi connectivity index (χ1) is 8.16. The van der Waals surface area contributed by atoms with E-state index in [2.05, 4.69) is 32.7 Å². The number of rotatable bonds is 8. The number of thiazole rings is 1. The monoisotopic (exact) mass is 251 g/mol. The molecule has 0 N–H and O–H groups in total. The molecule has 0 aromatic carbocycles. The quantitative estimate of drug-likeness (QED) is 0.601. The second-order valence-corrected chi connectivity index (χ2v) is 5.93. The summed E-state index contributed by atoms with van der Waals surface area (Å²) in [5.74, 6) is 0. The molecule has 0 spiro atoms. The molecule has 2 heteroatoms. The van der Waals surface area contributed by atoms with Crippen LogP contribution in [-0.2, 0) is 5.41 Å². The minimum absolute atomic E-state index is 0.268. The fourth-order valence-corrected chi connectivity index (χ4v) is 2.99. The van der Waals surface area contributed by atoms with E-state index < -0.39 is 0 Å². The summed E-state index contributed by atoms with van der Waals surface area (Å²) < 4.78 is 0. The molecule has 17 heavy (non-hydrogen) atoms. The average molecular weight is 251 g/mol. The predicted molar refractivity (Wildman–Crippen MR) is 78.6 cm³/mol. The first-order valence-corrected chi connectivity index (χ1v) is 7.62. The van der Waals surface area contributed by atoms with Crippen LogP contribution in [-0.4, -0.2) is 4.98 Å². The van der Waals surface area contributed by atoms with Crippen LogP contribution in [0.25, 0.3) is 6.08 Å². The van der Waals surface area contributed by atoms with E-state index in [0.717, 1.165) is 5.01 Å². The summed E-state index contributed by atoms with van der Waals surface area (Å²) in [6, 6.07) is 0. The highest BCUT2D eigenvalue weighted by Crippen LogP contribution is 2.35. The molecule has 0 saturated carbocycles. The van der Waals surface area contributed by atoms with E-state index in [1.807, 2.05) is 6.08 Å². The molecule has 0 fully saturated rings.